The molecule has 0 spiro atoms. The summed E-state index contributed by atoms with van der Waals surface area (Å²) in [5, 5.41) is 19.2. The summed E-state index contributed by atoms with van der Waals surface area (Å²) in [5.41, 5.74) is 6.23. The number of carbonyl (C=O) groups excluding carboxylic acids is 1. The predicted molar refractivity (Wildman–Crippen MR) is 102 cm³/mol. The van der Waals surface area contributed by atoms with Crippen molar-refractivity contribution in [2.75, 3.05) is 0 Å². The first kappa shape index (κ1) is 19.3. The lowest BCUT2D eigenvalue weighted by molar-refractivity contribution is -0.142. The molecule has 3 rings (SSSR count). The van der Waals surface area contributed by atoms with Gasteiger partial charge < -0.3 is 21.1 Å². The van der Waals surface area contributed by atoms with Gasteiger partial charge in [-0.15, -0.1) is 0 Å². The van der Waals surface area contributed by atoms with Crippen molar-refractivity contribution in [3.05, 3.63) is 52.1 Å². The third kappa shape index (κ3) is 4.25. The summed E-state index contributed by atoms with van der Waals surface area (Å²) < 4.78 is 0. The van der Waals surface area contributed by atoms with E-state index in [2.05, 4.69) is 15.3 Å². The molecule has 0 unspecified atom stereocenters. The molecule has 6 N–H and O–H groups in total. The zero-order chi connectivity index (χ0) is 20.3. The fourth-order valence-corrected chi connectivity index (χ4v) is 3.27. The highest BCUT2D eigenvalue weighted by Crippen LogP contribution is 2.24. The number of amidine groups is 1. The van der Waals surface area contributed by atoms with Crippen LogP contribution in [-0.4, -0.2) is 38.8 Å². The van der Waals surface area contributed by atoms with Gasteiger partial charge in [0.05, 0.1) is 11.6 Å². The molecular formula is C19H21N5O4. The maximum atomic E-state index is 12.5. The number of hydrogen-bond donors (Lipinski definition) is 5. The van der Waals surface area contributed by atoms with E-state index in [1.165, 1.54) is 6.20 Å². The van der Waals surface area contributed by atoms with Crippen molar-refractivity contribution in [3.8, 4) is 11.3 Å². The molecule has 28 heavy (non-hydrogen) atoms. The molecule has 0 bridgehead atoms. The lowest BCUT2D eigenvalue weighted by Gasteiger charge is -2.26. The molecule has 1 aliphatic carbocycles. The number of nitrogens with zero attached hydrogens (tertiary/aromatic N) is 1. The van der Waals surface area contributed by atoms with Crippen LogP contribution in [0, 0.1) is 11.3 Å². The molecule has 1 aromatic carbocycles. The molecule has 1 aromatic heterocycles. The molecule has 1 aliphatic rings. The van der Waals surface area contributed by atoms with Gasteiger partial charge in [0.25, 0.3) is 11.5 Å². The van der Waals surface area contributed by atoms with Crippen LogP contribution in [0.1, 0.15) is 41.7 Å². The van der Waals surface area contributed by atoms with E-state index in [1.807, 2.05) is 0 Å². The molecule has 1 heterocycles. The summed E-state index contributed by atoms with van der Waals surface area (Å²) in [4.78, 5) is 42.3. The number of aliphatic carboxylic acids is 1. The van der Waals surface area contributed by atoms with Gasteiger partial charge in [-0.2, -0.15) is 0 Å². The second kappa shape index (κ2) is 8.03. The second-order valence-corrected chi connectivity index (χ2v) is 6.81. The Balaban J connectivity index is 1.74. The Bertz CT molecular complexity index is 959. The van der Waals surface area contributed by atoms with Crippen molar-refractivity contribution >= 4 is 17.7 Å². The Labute approximate surface area is 160 Å². The van der Waals surface area contributed by atoms with Gasteiger partial charge in [0.15, 0.2) is 5.69 Å². The summed E-state index contributed by atoms with van der Waals surface area (Å²) in [6, 6.07) is 6.54. The number of amides is 1. The Morgan fingerprint density at radius 2 is 1.82 bits per heavy atom. The molecule has 1 fully saturated rings. The van der Waals surface area contributed by atoms with Crippen LogP contribution in [0.2, 0.25) is 0 Å². The number of H-pyrrole nitrogens is 1. The van der Waals surface area contributed by atoms with Crippen LogP contribution >= 0.6 is 0 Å². The van der Waals surface area contributed by atoms with Crippen molar-refractivity contribution in [2.45, 2.75) is 31.7 Å². The van der Waals surface area contributed by atoms with E-state index < -0.39 is 17.4 Å². The number of benzene rings is 1. The Kier molecular flexibility index (Phi) is 5.53. The summed E-state index contributed by atoms with van der Waals surface area (Å²) >= 11 is 0. The maximum absolute atomic E-state index is 12.5. The minimum Gasteiger partial charge on any atom is -0.481 e. The summed E-state index contributed by atoms with van der Waals surface area (Å²) in [7, 11) is 0. The fourth-order valence-electron chi connectivity index (χ4n) is 3.27. The predicted octanol–water partition coefficient (Wildman–Crippen LogP) is 1.09. The number of carbonyl (C=O) groups is 2. The summed E-state index contributed by atoms with van der Waals surface area (Å²) in [6.45, 7) is 0. The van der Waals surface area contributed by atoms with Crippen LogP contribution in [0.15, 0.2) is 35.3 Å². The van der Waals surface area contributed by atoms with E-state index in [1.54, 1.807) is 24.3 Å². The van der Waals surface area contributed by atoms with Crippen molar-refractivity contribution in [3.63, 3.8) is 0 Å². The van der Waals surface area contributed by atoms with E-state index >= 15 is 0 Å². The van der Waals surface area contributed by atoms with Crippen molar-refractivity contribution < 1.29 is 14.7 Å². The van der Waals surface area contributed by atoms with E-state index in [-0.39, 0.29) is 23.5 Å². The van der Waals surface area contributed by atoms with Gasteiger partial charge in [-0.25, -0.2) is 4.98 Å². The number of carboxylic acids is 1. The van der Waals surface area contributed by atoms with Crippen molar-refractivity contribution in [1.29, 1.82) is 5.41 Å². The minimum absolute atomic E-state index is 0.0568. The molecule has 9 nitrogen and oxygen atoms in total. The van der Waals surface area contributed by atoms with E-state index in [9.17, 15) is 14.4 Å². The zero-order valence-corrected chi connectivity index (χ0v) is 15.1. The molecule has 9 heteroatoms. The summed E-state index contributed by atoms with van der Waals surface area (Å²) in [6.07, 6.45) is 3.50. The quantitative estimate of drug-likeness (QED) is 0.383. The van der Waals surface area contributed by atoms with Gasteiger partial charge in [-0.05, 0) is 25.7 Å². The highest BCUT2D eigenvalue weighted by molar-refractivity contribution is 5.95. The number of rotatable bonds is 5. The molecular weight excluding hydrogens is 362 g/mol. The van der Waals surface area contributed by atoms with Crippen LogP contribution in [0.5, 0.6) is 0 Å². The molecule has 0 saturated heterocycles. The Morgan fingerprint density at radius 1 is 1.18 bits per heavy atom. The molecule has 0 aliphatic heterocycles. The van der Waals surface area contributed by atoms with Gasteiger partial charge in [0.2, 0.25) is 0 Å². The van der Waals surface area contributed by atoms with Gasteiger partial charge >= 0.3 is 5.97 Å². The van der Waals surface area contributed by atoms with Crippen LogP contribution in [0.25, 0.3) is 11.3 Å². The van der Waals surface area contributed by atoms with Crippen LogP contribution in [-0.2, 0) is 4.79 Å². The van der Waals surface area contributed by atoms with Gasteiger partial charge in [0, 0.05) is 23.4 Å². The van der Waals surface area contributed by atoms with Crippen molar-refractivity contribution in [1.82, 2.24) is 15.3 Å². The van der Waals surface area contributed by atoms with E-state index in [0.29, 0.717) is 42.5 Å². The first-order chi connectivity index (χ1) is 13.3. The Morgan fingerprint density at radius 3 is 2.39 bits per heavy atom. The number of aromatic amines is 1. The average Bonchev–Trinajstić information content (AvgIpc) is 2.68. The molecule has 2 aromatic rings. The first-order valence-electron chi connectivity index (χ1n) is 8.93. The highest BCUT2D eigenvalue weighted by atomic mass is 16.4. The van der Waals surface area contributed by atoms with Crippen LogP contribution in [0.4, 0.5) is 0 Å². The monoisotopic (exact) mass is 383 g/mol. The van der Waals surface area contributed by atoms with Gasteiger partial charge in [0.1, 0.15) is 5.84 Å². The Hall–Kier alpha value is -3.49. The third-order valence-electron chi connectivity index (χ3n) is 4.91. The second-order valence-electron chi connectivity index (χ2n) is 6.81. The average molecular weight is 383 g/mol. The lowest BCUT2D eigenvalue weighted by Crippen LogP contribution is -2.41. The number of nitrogen functional groups attached to an aromatic ring is 1. The first-order valence-corrected chi connectivity index (χ1v) is 8.93. The standard InChI is InChI=1S/C19H21N5O4/c20-16(21)11-3-1-10(2-4-11)14-9-22-17(25)15(24-14)18(26)23-13-7-5-12(6-8-13)19(27)28/h1-4,9,12-13H,5-8H2,(H3,20,21)(H,22,25)(H,23,26)(H,27,28). The third-order valence-corrected chi connectivity index (χ3v) is 4.91. The molecule has 1 amide bonds. The van der Waals surface area contributed by atoms with Gasteiger partial charge in [-0.3, -0.25) is 19.8 Å². The largest absolute Gasteiger partial charge is 0.481 e. The SMILES string of the molecule is N=C(N)c1ccc(-c2c[nH]c(=O)c(C(=O)NC3CCC(C(=O)O)CC3)n2)cc1. The molecule has 0 atom stereocenters. The number of aromatic nitrogens is 2. The van der Waals surface area contributed by atoms with E-state index in [4.69, 9.17) is 16.2 Å². The fraction of sp³-hybridized carbons (Fsp3) is 0.316. The molecule has 0 radical (unpaired) electrons. The normalized spacial score (nSPS) is 19.0. The van der Waals surface area contributed by atoms with Crippen LogP contribution in [0.3, 0.4) is 0 Å². The van der Waals surface area contributed by atoms with E-state index in [0.717, 1.165) is 0 Å². The number of nitrogens with one attached hydrogen (secondary N) is 3. The zero-order valence-electron chi connectivity index (χ0n) is 15.1. The summed E-state index contributed by atoms with van der Waals surface area (Å²) in [5.74, 6) is -1.83. The highest BCUT2D eigenvalue weighted by Gasteiger charge is 2.27. The number of carboxylic acid groups (broad SMARTS) is 1. The minimum atomic E-state index is -0.814. The lowest BCUT2D eigenvalue weighted by atomic mass is 9.86. The molecule has 1 saturated carbocycles. The maximum Gasteiger partial charge on any atom is 0.306 e. The van der Waals surface area contributed by atoms with Crippen molar-refractivity contribution in [2.24, 2.45) is 11.7 Å². The van der Waals surface area contributed by atoms with Gasteiger partial charge in [-0.1, -0.05) is 24.3 Å². The topological polar surface area (TPSA) is 162 Å². The number of nitrogens with two attached hydrogens (primary N) is 1. The van der Waals surface area contributed by atoms with Crippen LogP contribution < -0.4 is 16.6 Å². The number of hydrogen-bond acceptors (Lipinski definition) is 5. The smallest absolute Gasteiger partial charge is 0.306 e. The molecule has 146 valence electrons.